The summed E-state index contributed by atoms with van der Waals surface area (Å²) in [6.07, 6.45) is 1.37. The molecule has 1 atom stereocenters. The summed E-state index contributed by atoms with van der Waals surface area (Å²) in [7, 11) is -3.62. The summed E-state index contributed by atoms with van der Waals surface area (Å²) in [5, 5.41) is 0. The van der Waals surface area contributed by atoms with E-state index in [1.807, 2.05) is 30.3 Å². The average molecular weight is 406 g/mol. The summed E-state index contributed by atoms with van der Waals surface area (Å²) >= 11 is 0. The van der Waals surface area contributed by atoms with Gasteiger partial charge < -0.3 is 14.7 Å². The molecule has 0 aromatic heterocycles. The van der Waals surface area contributed by atoms with Gasteiger partial charge in [-0.05, 0) is 50.5 Å². The number of benzene rings is 2. The molecule has 0 bridgehead atoms. The van der Waals surface area contributed by atoms with Crippen LogP contribution < -0.4 is 9.92 Å². The third-order valence-corrected chi connectivity index (χ3v) is 4.41. The fourth-order valence-corrected chi connectivity index (χ4v) is 3.34. The van der Waals surface area contributed by atoms with Crippen LogP contribution in [0, 0.1) is 0 Å². The van der Waals surface area contributed by atoms with Gasteiger partial charge in [0.2, 0.25) is 0 Å². The highest BCUT2D eigenvalue weighted by molar-refractivity contribution is 7.86. The molecule has 0 aliphatic carbocycles. The number of ether oxygens (including phenoxy) is 1. The molecule has 0 fully saturated rings. The number of carbonyl (C=O) groups excluding carboxylic acids is 1. The normalized spacial score (nSPS) is 14.2. The molecule has 1 unspecified atom stereocenters. The minimum atomic E-state index is -3.62. The molecule has 2 aromatic carbocycles. The molecule has 2 N–H and O–H groups in total. The van der Waals surface area contributed by atoms with Gasteiger partial charge in [0.05, 0.1) is 18.2 Å². The first-order chi connectivity index (χ1) is 12.9. The van der Waals surface area contributed by atoms with E-state index >= 15 is 0 Å². The van der Waals surface area contributed by atoms with Crippen molar-refractivity contribution >= 4 is 16.1 Å². The quantitative estimate of drug-likeness (QED) is 0.562. The van der Waals surface area contributed by atoms with E-state index in [1.54, 1.807) is 32.9 Å². The molecule has 0 radical (unpaired) electrons. The van der Waals surface area contributed by atoms with Crippen LogP contribution in [0.2, 0.25) is 0 Å². The monoisotopic (exact) mass is 405 g/mol. The van der Waals surface area contributed by atoms with E-state index in [2.05, 4.69) is 0 Å². The fourth-order valence-electron chi connectivity index (χ4n) is 2.88. The Morgan fingerprint density at radius 3 is 2.07 bits per heavy atom. The van der Waals surface area contributed by atoms with Gasteiger partial charge in [0.25, 0.3) is 0 Å². The lowest BCUT2D eigenvalue weighted by atomic mass is 9.82. The van der Waals surface area contributed by atoms with Gasteiger partial charge in [0.15, 0.2) is 0 Å². The first-order valence-corrected chi connectivity index (χ1v) is 10.7. The molecule has 0 saturated heterocycles. The molecular weight excluding hydrogens is 378 g/mol. The Labute approximate surface area is 166 Å². The zero-order valence-electron chi connectivity index (χ0n) is 16.6. The topological polar surface area (TPSA) is 95.7 Å². The third-order valence-electron chi connectivity index (χ3n) is 3.92. The van der Waals surface area contributed by atoms with Crippen molar-refractivity contribution in [3.63, 3.8) is 0 Å². The predicted octanol–water partition coefficient (Wildman–Crippen LogP) is 3.15. The van der Waals surface area contributed by atoms with Crippen molar-refractivity contribution in [2.24, 2.45) is 5.73 Å². The standard InChI is InChI=1S/C21H27NO5S/c1-20(2,3)26-19(23)15-21(22,14-16-8-6-5-7-9-16)17-10-12-18(13-11-17)27-28(4,24)25/h5-13H,14-15,22H2,1-4H3. The number of esters is 1. The minimum absolute atomic E-state index is 0.0224. The van der Waals surface area contributed by atoms with Gasteiger partial charge in [-0.15, -0.1) is 0 Å². The van der Waals surface area contributed by atoms with Crippen LogP contribution in [0.25, 0.3) is 0 Å². The average Bonchev–Trinajstić information content (AvgIpc) is 2.52. The highest BCUT2D eigenvalue weighted by Crippen LogP contribution is 2.30. The summed E-state index contributed by atoms with van der Waals surface area (Å²) in [5.74, 6) is -0.215. The zero-order chi connectivity index (χ0) is 21.0. The molecule has 0 aliphatic heterocycles. The number of hydrogen-bond acceptors (Lipinski definition) is 6. The van der Waals surface area contributed by atoms with Crippen LogP contribution in [0.5, 0.6) is 5.75 Å². The molecule has 0 spiro atoms. The highest BCUT2D eigenvalue weighted by Gasteiger charge is 2.33. The van der Waals surface area contributed by atoms with Gasteiger partial charge in [-0.1, -0.05) is 42.5 Å². The summed E-state index contributed by atoms with van der Waals surface area (Å²) in [4.78, 5) is 12.5. The van der Waals surface area contributed by atoms with Crippen LogP contribution >= 0.6 is 0 Å². The second-order valence-corrected chi connectivity index (χ2v) is 9.47. The maximum Gasteiger partial charge on any atom is 0.308 e. The van der Waals surface area contributed by atoms with E-state index in [9.17, 15) is 13.2 Å². The molecule has 28 heavy (non-hydrogen) atoms. The second kappa shape index (κ2) is 8.32. The lowest BCUT2D eigenvalue weighted by Crippen LogP contribution is -2.42. The predicted molar refractivity (Wildman–Crippen MR) is 108 cm³/mol. The summed E-state index contributed by atoms with van der Waals surface area (Å²) in [6.45, 7) is 5.41. The summed E-state index contributed by atoms with van der Waals surface area (Å²) < 4.78 is 32.9. The number of hydrogen-bond donors (Lipinski definition) is 1. The molecule has 0 amide bonds. The van der Waals surface area contributed by atoms with Crippen LogP contribution in [0.4, 0.5) is 0 Å². The van der Waals surface area contributed by atoms with Crippen LogP contribution in [0.15, 0.2) is 54.6 Å². The number of carbonyl (C=O) groups is 1. The van der Waals surface area contributed by atoms with Gasteiger partial charge in [0, 0.05) is 0 Å². The number of rotatable bonds is 7. The lowest BCUT2D eigenvalue weighted by Gasteiger charge is -2.31. The fraction of sp³-hybridized carbons (Fsp3) is 0.381. The van der Waals surface area contributed by atoms with E-state index in [-0.39, 0.29) is 12.2 Å². The zero-order valence-corrected chi connectivity index (χ0v) is 17.5. The van der Waals surface area contributed by atoms with E-state index in [1.165, 1.54) is 12.1 Å². The van der Waals surface area contributed by atoms with Crippen molar-refractivity contribution in [1.29, 1.82) is 0 Å². The second-order valence-electron chi connectivity index (χ2n) is 7.89. The molecule has 6 nitrogen and oxygen atoms in total. The minimum Gasteiger partial charge on any atom is -0.460 e. The van der Waals surface area contributed by atoms with E-state index in [0.29, 0.717) is 12.0 Å². The number of nitrogens with two attached hydrogens (primary N) is 1. The first kappa shape index (κ1) is 21.9. The smallest absolute Gasteiger partial charge is 0.308 e. The molecule has 0 aliphatic rings. The molecule has 7 heteroatoms. The molecule has 2 aromatic rings. The maximum atomic E-state index is 12.5. The van der Waals surface area contributed by atoms with Gasteiger partial charge >= 0.3 is 16.1 Å². The SMILES string of the molecule is CC(C)(C)OC(=O)CC(N)(Cc1ccccc1)c1ccc(OS(C)(=O)=O)cc1. The van der Waals surface area contributed by atoms with Gasteiger partial charge in [0.1, 0.15) is 11.4 Å². The Morgan fingerprint density at radius 1 is 1.00 bits per heavy atom. The van der Waals surface area contributed by atoms with Gasteiger partial charge in [-0.3, -0.25) is 4.79 Å². The van der Waals surface area contributed by atoms with Crippen molar-refractivity contribution in [3.8, 4) is 5.75 Å². The van der Waals surface area contributed by atoms with E-state index in [0.717, 1.165) is 11.8 Å². The Balaban J connectivity index is 2.33. The highest BCUT2D eigenvalue weighted by atomic mass is 32.2. The van der Waals surface area contributed by atoms with Crippen LogP contribution in [0.1, 0.15) is 38.3 Å². The Morgan fingerprint density at radius 2 is 1.57 bits per heavy atom. The molecule has 2 rings (SSSR count). The molecular formula is C21H27NO5S. The first-order valence-electron chi connectivity index (χ1n) is 8.91. The van der Waals surface area contributed by atoms with Crippen LogP contribution in [0.3, 0.4) is 0 Å². The van der Waals surface area contributed by atoms with Crippen molar-refractivity contribution < 1.29 is 22.1 Å². The molecule has 0 saturated carbocycles. The van der Waals surface area contributed by atoms with Crippen molar-refractivity contribution in [1.82, 2.24) is 0 Å². The van der Waals surface area contributed by atoms with Gasteiger partial charge in [-0.25, -0.2) is 0 Å². The van der Waals surface area contributed by atoms with Crippen molar-refractivity contribution in [2.75, 3.05) is 6.26 Å². The molecule has 0 heterocycles. The Kier molecular flexibility index (Phi) is 6.52. The third kappa shape index (κ3) is 6.98. The largest absolute Gasteiger partial charge is 0.460 e. The van der Waals surface area contributed by atoms with E-state index < -0.39 is 27.2 Å². The van der Waals surface area contributed by atoms with E-state index in [4.69, 9.17) is 14.7 Å². The van der Waals surface area contributed by atoms with Crippen LogP contribution in [-0.4, -0.2) is 26.2 Å². The summed E-state index contributed by atoms with van der Waals surface area (Å²) in [5.41, 5.74) is 6.72. The summed E-state index contributed by atoms with van der Waals surface area (Å²) in [6, 6.07) is 16.0. The van der Waals surface area contributed by atoms with Gasteiger partial charge in [-0.2, -0.15) is 8.42 Å². The van der Waals surface area contributed by atoms with Crippen molar-refractivity contribution in [2.45, 2.75) is 44.8 Å². The van der Waals surface area contributed by atoms with Crippen molar-refractivity contribution in [3.05, 3.63) is 65.7 Å². The Hall–Kier alpha value is -2.38. The lowest BCUT2D eigenvalue weighted by molar-refractivity contribution is -0.156. The maximum absolute atomic E-state index is 12.5. The Bertz CT molecular complexity index is 902. The van der Waals surface area contributed by atoms with Crippen LogP contribution in [-0.2, 0) is 31.6 Å². The molecule has 152 valence electrons.